The van der Waals surface area contributed by atoms with Gasteiger partial charge >= 0.3 is 5.97 Å². The Morgan fingerprint density at radius 2 is 2.33 bits per heavy atom. The van der Waals surface area contributed by atoms with Crippen LogP contribution in [0.3, 0.4) is 0 Å². The summed E-state index contributed by atoms with van der Waals surface area (Å²) in [5, 5.41) is 11.9. The molecule has 1 aromatic rings. The highest BCUT2D eigenvalue weighted by molar-refractivity contribution is 5.66. The topological polar surface area (TPSA) is 71.5 Å². The fraction of sp³-hybridized carbons (Fsp3) is 0.538. The number of anilines is 1. The Morgan fingerprint density at radius 3 is 3.00 bits per heavy atom. The molecule has 0 bridgehead atoms. The molecule has 0 spiro atoms. The number of nitrogens with zero attached hydrogens (tertiary/aromatic N) is 1. The molecule has 0 saturated heterocycles. The van der Waals surface area contributed by atoms with Crippen molar-refractivity contribution in [2.75, 3.05) is 19.0 Å². The van der Waals surface area contributed by atoms with Crippen molar-refractivity contribution in [2.45, 2.75) is 26.2 Å². The molecule has 1 atom stereocenters. The van der Waals surface area contributed by atoms with Crippen molar-refractivity contribution < 1.29 is 14.6 Å². The number of methoxy groups -OCH3 is 1. The lowest BCUT2D eigenvalue weighted by molar-refractivity contribution is -0.137. The zero-order valence-electron chi connectivity index (χ0n) is 10.8. The van der Waals surface area contributed by atoms with Crippen molar-refractivity contribution in [1.82, 2.24) is 4.98 Å². The zero-order valence-corrected chi connectivity index (χ0v) is 10.8. The monoisotopic (exact) mass is 252 g/mol. The Kier molecular flexibility index (Phi) is 5.97. The average Bonchev–Trinajstić information content (AvgIpc) is 2.36. The molecule has 1 heterocycles. The maximum atomic E-state index is 10.4. The van der Waals surface area contributed by atoms with Crippen LogP contribution in [0, 0.1) is 5.92 Å². The molecular weight excluding hydrogens is 232 g/mol. The van der Waals surface area contributed by atoms with Crippen LogP contribution in [-0.2, 0) is 4.79 Å². The van der Waals surface area contributed by atoms with E-state index in [1.807, 2.05) is 12.1 Å². The maximum Gasteiger partial charge on any atom is 0.303 e. The summed E-state index contributed by atoms with van der Waals surface area (Å²) in [4.78, 5) is 14.5. The molecule has 18 heavy (non-hydrogen) atoms. The van der Waals surface area contributed by atoms with Crippen molar-refractivity contribution in [3.8, 4) is 5.88 Å². The van der Waals surface area contributed by atoms with Crippen LogP contribution < -0.4 is 10.1 Å². The van der Waals surface area contributed by atoms with Crippen molar-refractivity contribution in [3.05, 3.63) is 18.3 Å². The summed E-state index contributed by atoms with van der Waals surface area (Å²) >= 11 is 0. The molecule has 0 fully saturated rings. The minimum atomic E-state index is -0.728. The zero-order chi connectivity index (χ0) is 13.4. The minimum Gasteiger partial charge on any atom is -0.481 e. The normalized spacial score (nSPS) is 11.9. The van der Waals surface area contributed by atoms with E-state index in [4.69, 9.17) is 9.84 Å². The van der Waals surface area contributed by atoms with Gasteiger partial charge < -0.3 is 15.2 Å². The molecule has 5 nitrogen and oxygen atoms in total. The van der Waals surface area contributed by atoms with Crippen LogP contribution in [0.5, 0.6) is 5.88 Å². The second-order valence-electron chi connectivity index (χ2n) is 4.34. The molecule has 1 aromatic heterocycles. The van der Waals surface area contributed by atoms with E-state index in [0.29, 0.717) is 11.8 Å². The molecule has 0 radical (unpaired) electrons. The molecule has 0 aliphatic carbocycles. The third-order valence-corrected chi connectivity index (χ3v) is 2.76. The van der Waals surface area contributed by atoms with Gasteiger partial charge in [-0.15, -0.1) is 0 Å². The fourth-order valence-corrected chi connectivity index (χ4v) is 1.61. The third-order valence-electron chi connectivity index (χ3n) is 2.76. The predicted molar refractivity (Wildman–Crippen MR) is 69.9 cm³/mol. The molecule has 5 heteroatoms. The van der Waals surface area contributed by atoms with Crippen LogP contribution in [0.25, 0.3) is 0 Å². The van der Waals surface area contributed by atoms with Crippen molar-refractivity contribution >= 4 is 11.7 Å². The van der Waals surface area contributed by atoms with E-state index in [1.165, 1.54) is 0 Å². The molecule has 0 saturated carbocycles. The highest BCUT2D eigenvalue weighted by Crippen LogP contribution is 2.15. The molecule has 1 unspecified atom stereocenters. The Bertz CT molecular complexity index is 382. The molecule has 0 aromatic carbocycles. The number of nitrogens with one attached hydrogen (secondary N) is 1. The van der Waals surface area contributed by atoms with Gasteiger partial charge in [0.15, 0.2) is 0 Å². The van der Waals surface area contributed by atoms with E-state index in [-0.39, 0.29) is 6.42 Å². The van der Waals surface area contributed by atoms with Gasteiger partial charge in [0.2, 0.25) is 5.88 Å². The number of ether oxygens (including phenoxy) is 1. The summed E-state index contributed by atoms with van der Waals surface area (Å²) in [5.41, 5.74) is 0.965. The Balaban J connectivity index is 2.26. The van der Waals surface area contributed by atoms with Gasteiger partial charge in [-0.1, -0.05) is 6.92 Å². The van der Waals surface area contributed by atoms with Crippen molar-refractivity contribution in [2.24, 2.45) is 5.92 Å². The number of rotatable bonds is 8. The van der Waals surface area contributed by atoms with Crippen LogP contribution in [0.1, 0.15) is 26.2 Å². The number of aromatic nitrogens is 1. The van der Waals surface area contributed by atoms with Gasteiger partial charge in [0.1, 0.15) is 0 Å². The minimum absolute atomic E-state index is 0.240. The van der Waals surface area contributed by atoms with E-state index in [9.17, 15) is 4.79 Å². The number of pyridine rings is 1. The third kappa shape index (κ3) is 5.52. The van der Waals surface area contributed by atoms with E-state index in [1.54, 1.807) is 13.3 Å². The highest BCUT2D eigenvalue weighted by atomic mass is 16.5. The number of carboxylic acids is 1. The number of carbonyl (C=O) groups is 1. The Labute approximate surface area is 107 Å². The first-order valence-electron chi connectivity index (χ1n) is 6.07. The fourth-order valence-electron chi connectivity index (χ4n) is 1.61. The Hall–Kier alpha value is -1.78. The lowest BCUT2D eigenvalue weighted by Crippen LogP contribution is -2.08. The van der Waals surface area contributed by atoms with Crippen LogP contribution in [0.2, 0.25) is 0 Å². The second-order valence-corrected chi connectivity index (χ2v) is 4.34. The first-order chi connectivity index (χ1) is 8.61. The molecule has 0 amide bonds. The highest BCUT2D eigenvalue weighted by Gasteiger charge is 2.05. The van der Waals surface area contributed by atoms with Crippen molar-refractivity contribution in [1.29, 1.82) is 0 Å². The van der Waals surface area contributed by atoms with E-state index in [2.05, 4.69) is 17.2 Å². The van der Waals surface area contributed by atoms with E-state index < -0.39 is 5.97 Å². The molecule has 0 aliphatic rings. The first-order valence-corrected chi connectivity index (χ1v) is 6.07. The molecule has 1 rings (SSSR count). The smallest absolute Gasteiger partial charge is 0.303 e. The average molecular weight is 252 g/mol. The SMILES string of the molecule is COc1cc(NCCC(C)CCC(=O)O)ccn1. The van der Waals surface area contributed by atoms with Crippen LogP contribution >= 0.6 is 0 Å². The van der Waals surface area contributed by atoms with Crippen LogP contribution in [0.4, 0.5) is 5.69 Å². The van der Waals surface area contributed by atoms with Gasteiger partial charge in [-0.25, -0.2) is 4.98 Å². The predicted octanol–water partition coefficient (Wildman–Crippen LogP) is 2.39. The van der Waals surface area contributed by atoms with Gasteiger partial charge in [-0.05, 0) is 24.8 Å². The van der Waals surface area contributed by atoms with Crippen molar-refractivity contribution in [3.63, 3.8) is 0 Å². The summed E-state index contributed by atoms with van der Waals surface area (Å²) in [6, 6.07) is 3.71. The molecular formula is C13H20N2O3. The summed E-state index contributed by atoms with van der Waals surface area (Å²) in [6.07, 6.45) is 3.59. The lowest BCUT2D eigenvalue weighted by atomic mass is 10.0. The number of hydrogen-bond acceptors (Lipinski definition) is 4. The molecule has 100 valence electrons. The largest absolute Gasteiger partial charge is 0.481 e. The Morgan fingerprint density at radius 1 is 1.56 bits per heavy atom. The summed E-state index contributed by atoms with van der Waals surface area (Å²) in [7, 11) is 1.58. The quantitative estimate of drug-likeness (QED) is 0.743. The van der Waals surface area contributed by atoms with Gasteiger partial charge in [0, 0.05) is 30.9 Å². The molecule has 2 N–H and O–H groups in total. The first kappa shape index (κ1) is 14.3. The number of aliphatic carboxylic acids is 1. The lowest BCUT2D eigenvalue weighted by Gasteiger charge is -2.11. The number of carboxylic acid groups (broad SMARTS) is 1. The van der Waals surface area contributed by atoms with E-state index >= 15 is 0 Å². The maximum absolute atomic E-state index is 10.4. The molecule has 0 aliphatic heterocycles. The second kappa shape index (κ2) is 7.53. The summed E-state index contributed by atoms with van der Waals surface area (Å²) in [6.45, 7) is 2.88. The van der Waals surface area contributed by atoms with Crippen LogP contribution in [0.15, 0.2) is 18.3 Å². The van der Waals surface area contributed by atoms with E-state index in [0.717, 1.165) is 25.1 Å². The summed E-state index contributed by atoms with van der Waals surface area (Å²) < 4.78 is 5.03. The summed E-state index contributed by atoms with van der Waals surface area (Å²) in [5.74, 6) is 0.255. The van der Waals surface area contributed by atoms with Gasteiger partial charge in [-0.3, -0.25) is 4.79 Å². The van der Waals surface area contributed by atoms with Gasteiger partial charge in [0.25, 0.3) is 0 Å². The van der Waals surface area contributed by atoms with Gasteiger partial charge in [0.05, 0.1) is 7.11 Å². The van der Waals surface area contributed by atoms with Gasteiger partial charge in [-0.2, -0.15) is 0 Å². The van der Waals surface area contributed by atoms with Crippen LogP contribution in [-0.4, -0.2) is 29.7 Å². The number of hydrogen-bond donors (Lipinski definition) is 2. The standard InChI is InChI=1S/C13H20N2O3/c1-10(3-4-13(16)17)5-7-14-11-6-8-15-12(9-11)18-2/h6,8-10H,3-5,7H2,1-2H3,(H,14,15)(H,16,17).